The second-order valence-electron chi connectivity index (χ2n) is 9.37. The maximum atomic E-state index is 12.8. The van der Waals surface area contributed by atoms with Crippen molar-refractivity contribution in [3.63, 3.8) is 0 Å². The maximum Gasteiger partial charge on any atom is 0.410 e. The zero-order chi connectivity index (χ0) is 25.6. The zero-order valence-electron chi connectivity index (χ0n) is 21.0. The molecule has 0 saturated heterocycles. The molecule has 1 aromatic heterocycles. The Hall–Kier alpha value is -3.56. The number of hydrogen-bond acceptors (Lipinski definition) is 7. The summed E-state index contributed by atoms with van der Waals surface area (Å²) < 4.78 is 17.6. The van der Waals surface area contributed by atoms with E-state index in [4.69, 9.17) is 14.2 Å². The van der Waals surface area contributed by atoms with Gasteiger partial charge in [-0.25, -0.2) is 14.4 Å². The van der Waals surface area contributed by atoms with Crippen LogP contribution in [0.4, 0.5) is 9.59 Å². The number of esters is 1. The molecule has 2 heterocycles. The van der Waals surface area contributed by atoms with Gasteiger partial charge in [0.05, 0.1) is 25.4 Å². The average Bonchev–Trinajstić information content (AvgIpc) is 3.13. The average molecular weight is 487 g/mol. The summed E-state index contributed by atoms with van der Waals surface area (Å²) in [7, 11) is 0. The third-order valence-electron chi connectivity index (χ3n) is 5.39. The quantitative estimate of drug-likeness (QED) is 0.469. The van der Waals surface area contributed by atoms with Crippen molar-refractivity contribution >= 4 is 18.2 Å². The molecule has 2 aromatic rings. The van der Waals surface area contributed by atoms with Gasteiger partial charge in [0.1, 0.15) is 12.2 Å². The summed E-state index contributed by atoms with van der Waals surface area (Å²) >= 11 is 0. The molecular formula is C25H34N4O6. The smallest absolute Gasteiger partial charge is 0.410 e. The molecule has 1 N–H and O–H groups in total. The monoisotopic (exact) mass is 486 g/mol. The van der Waals surface area contributed by atoms with Gasteiger partial charge in [0.2, 0.25) is 0 Å². The van der Waals surface area contributed by atoms with Gasteiger partial charge in [0.25, 0.3) is 0 Å². The minimum absolute atomic E-state index is 0.151. The van der Waals surface area contributed by atoms with Crippen molar-refractivity contribution in [1.29, 1.82) is 0 Å². The third kappa shape index (κ3) is 6.97. The first-order chi connectivity index (χ1) is 16.6. The molecule has 1 aliphatic rings. The van der Waals surface area contributed by atoms with Crippen molar-refractivity contribution in [3.05, 3.63) is 52.8 Å². The summed E-state index contributed by atoms with van der Waals surface area (Å²) in [5.41, 5.74) is 1.90. The van der Waals surface area contributed by atoms with E-state index in [1.165, 1.54) is 4.68 Å². The van der Waals surface area contributed by atoms with Gasteiger partial charge >= 0.3 is 18.2 Å². The highest BCUT2D eigenvalue weighted by atomic mass is 16.6. The van der Waals surface area contributed by atoms with Crippen LogP contribution in [0.3, 0.4) is 0 Å². The van der Waals surface area contributed by atoms with Gasteiger partial charge in [-0.05, 0) is 40.2 Å². The van der Waals surface area contributed by atoms with Crippen LogP contribution in [0.15, 0.2) is 30.3 Å². The van der Waals surface area contributed by atoms with Crippen molar-refractivity contribution in [2.24, 2.45) is 0 Å². The summed E-state index contributed by atoms with van der Waals surface area (Å²) in [6.45, 7) is 10.1. The van der Waals surface area contributed by atoms with Crippen LogP contribution >= 0.6 is 0 Å². The molecule has 0 unspecified atom stereocenters. The van der Waals surface area contributed by atoms with Crippen molar-refractivity contribution in [3.8, 4) is 0 Å². The normalized spacial score (nSPS) is 15.2. The Kier molecular flexibility index (Phi) is 8.37. The van der Waals surface area contributed by atoms with Crippen molar-refractivity contribution in [2.75, 3.05) is 13.2 Å². The second kappa shape index (κ2) is 11.2. The van der Waals surface area contributed by atoms with Gasteiger partial charge in [-0.2, -0.15) is 5.10 Å². The lowest BCUT2D eigenvalue weighted by molar-refractivity contribution is 0.0134. The van der Waals surface area contributed by atoms with Crippen LogP contribution in [0.5, 0.6) is 0 Å². The second-order valence-corrected chi connectivity index (χ2v) is 9.37. The van der Waals surface area contributed by atoms with E-state index in [2.05, 4.69) is 10.4 Å². The molecule has 0 bridgehead atoms. The Balaban J connectivity index is 1.69. The first kappa shape index (κ1) is 26.1. The summed E-state index contributed by atoms with van der Waals surface area (Å²) in [6, 6.07) is 9.22. The fourth-order valence-electron chi connectivity index (χ4n) is 3.79. The van der Waals surface area contributed by atoms with Gasteiger partial charge in [-0.3, -0.25) is 4.68 Å². The molecule has 2 amide bonds. The predicted octanol–water partition coefficient (Wildman–Crippen LogP) is 3.67. The van der Waals surface area contributed by atoms with E-state index in [1.54, 1.807) is 11.8 Å². The topological polar surface area (TPSA) is 112 Å². The van der Waals surface area contributed by atoms with Crippen molar-refractivity contribution < 1.29 is 28.6 Å². The van der Waals surface area contributed by atoms with Crippen molar-refractivity contribution in [1.82, 2.24) is 20.0 Å². The van der Waals surface area contributed by atoms with Crippen LogP contribution in [-0.4, -0.2) is 57.6 Å². The Labute approximate surface area is 205 Å². The fraction of sp³-hybridized carbons (Fsp3) is 0.520. The molecule has 0 saturated carbocycles. The standard InChI is InChI=1S/C25H34N4O6/c1-6-33-22(30)21-19-15-28(24(32)35-25(3,4)5)17(2)14-20(19)27-29(21)13-12-26-23(31)34-16-18-10-8-7-9-11-18/h7-11,17H,6,12-16H2,1-5H3,(H,26,31)/t17-/m1/s1. The number of alkyl carbamates (subject to hydrolysis) is 1. The molecule has 0 fully saturated rings. The number of benzene rings is 1. The Bertz CT molecular complexity index is 1040. The van der Waals surface area contributed by atoms with E-state index in [9.17, 15) is 14.4 Å². The molecule has 3 rings (SSSR count). The van der Waals surface area contributed by atoms with Crippen LogP contribution in [0.2, 0.25) is 0 Å². The first-order valence-corrected chi connectivity index (χ1v) is 11.8. The number of carbonyl (C=O) groups excluding carboxylic acids is 3. The lowest BCUT2D eigenvalue weighted by Gasteiger charge is -2.34. The number of aromatic nitrogens is 2. The molecule has 35 heavy (non-hydrogen) atoms. The lowest BCUT2D eigenvalue weighted by Crippen LogP contribution is -2.45. The Morgan fingerprint density at radius 1 is 1.14 bits per heavy atom. The van der Waals surface area contributed by atoms with E-state index >= 15 is 0 Å². The molecule has 1 atom stereocenters. The highest BCUT2D eigenvalue weighted by molar-refractivity contribution is 5.90. The molecule has 190 valence electrons. The largest absolute Gasteiger partial charge is 0.461 e. The predicted molar refractivity (Wildman–Crippen MR) is 128 cm³/mol. The van der Waals surface area contributed by atoms with Crippen LogP contribution < -0.4 is 5.32 Å². The maximum absolute atomic E-state index is 12.8. The minimum atomic E-state index is -0.633. The number of carbonyl (C=O) groups is 3. The number of nitrogens with one attached hydrogen (secondary N) is 1. The zero-order valence-corrected chi connectivity index (χ0v) is 21.0. The minimum Gasteiger partial charge on any atom is -0.461 e. The van der Waals surface area contributed by atoms with Crippen molar-refractivity contribution in [2.45, 2.75) is 72.4 Å². The van der Waals surface area contributed by atoms with Crippen LogP contribution in [-0.2, 0) is 40.3 Å². The SMILES string of the molecule is CCOC(=O)c1c2c(nn1CCNC(=O)OCc1ccccc1)C[C@@H](C)N(C(=O)OC(C)(C)C)C2. The van der Waals surface area contributed by atoms with E-state index in [0.717, 1.165) is 11.3 Å². The highest BCUT2D eigenvalue weighted by Gasteiger charge is 2.36. The number of fused-ring (bicyclic) bond motifs is 1. The van der Waals surface area contributed by atoms with E-state index < -0.39 is 23.8 Å². The highest BCUT2D eigenvalue weighted by Crippen LogP contribution is 2.28. The number of nitrogens with zero attached hydrogens (tertiary/aromatic N) is 3. The first-order valence-electron chi connectivity index (χ1n) is 11.8. The molecule has 0 radical (unpaired) electrons. The van der Waals surface area contributed by atoms with Crippen LogP contribution in [0.25, 0.3) is 0 Å². The fourth-order valence-corrected chi connectivity index (χ4v) is 3.79. The van der Waals surface area contributed by atoms with Crippen LogP contribution in [0.1, 0.15) is 61.9 Å². The number of rotatable bonds is 7. The van der Waals surface area contributed by atoms with Crippen LogP contribution in [0, 0.1) is 0 Å². The summed E-state index contributed by atoms with van der Waals surface area (Å²) in [6.07, 6.45) is -0.533. The molecular weight excluding hydrogens is 452 g/mol. The van der Waals surface area contributed by atoms with E-state index in [1.807, 2.05) is 58.0 Å². The molecule has 0 spiro atoms. The third-order valence-corrected chi connectivity index (χ3v) is 5.39. The number of hydrogen-bond donors (Lipinski definition) is 1. The Morgan fingerprint density at radius 2 is 1.86 bits per heavy atom. The molecule has 1 aliphatic heterocycles. The van der Waals surface area contributed by atoms with Gasteiger partial charge in [0.15, 0.2) is 5.69 Å². The number of amides is 2. The molecule has 1 aromatic carbocycles. The van der Waals surface area contributed by atoms with E-state index in [0.29, 0.717) is 12.0 Å². The summed E-state index contributed by atoms with van der Waals surface area (Å²) in [4.78, 5) is 39.3. The van der Waals surface area contributed by atoms with Gasteiger partial charge in [-0.15, -0.1) is 0 Å². The molecule has 10 nitrogen and oxygen atoms in total. The summed E-state index contributed by atoms with van der Waals surface area (Å²) in [5.74, 6) is -0.522. The molecule has 0 aliphatic carbocycles. The molecule has 10 heteroatoms. The summed E-state index contributed by atoms with van der Waals surface area (Å²) in [5, 5.41) is 7.29. The van der Waals surface area contributed by atoms with E-state index in [-0.39, 0.29) is 44.6 Å². The van der Waals surface area contributed by atoms with Gasteiger partial charge in [0, 0.05) is 24.6 Å². The van der Waals surface area contributed by atoms with Gasteiger partial charge in [-0.1, -0.05) is 30.3 Å². The lowest BCUT2D eigenvalue weighted by atomic mass is 10.00. The Morgan fingerprint density at radius 3 is 2.51 bits per heavy atom. The number of ether oxygens (including phenoxy) is 3. The van der Waals surface area contributed by atoms with Gasteiger partial charge < -0.3 is 24.4 Å².